The van der Waals surface area contributed by atoms with E-state index in [0.29, 0.717) is 31.8 Å². The molecule has 1 aliphatic heterocycles. The normalized spacial score (nSPS) is 15.8. The summed E-state index contributed by atoms with van der Waals surface area (Å²) in [5.41, 5.74) is 3.46. The number of carbonyl (C=O) groups is 2. The van der Waals surface area contributed by atoms with Crippen molar-refractivity contribution in [2.45, 2.75) is 77.1 Å². The van der Waals surface area contributed by atoms with Gasteiger partial charge in [-0.1, -0.05) is 64.4 Å². The average molecular weight is 777 g/mol. The Kier molecular flexibility index (Phi) is 13.8. The van der Waals surface area contributed by atoms with Crippen molar-refractivity contribution in [3.63, 3.8) is 0 Å². The number of aliphatic hydroxyl groups is 1. The van der Waals surface area contributed by atoms with Gasteiger partial charge in [0.2, 0.25) is 15.9 Å². The number of hydrogen-bond acceptors (Lipinski definition) is 9. The van der Waals surface area contributed by atoms with Crippen LogP contribution in [-0.4, -0.2) is 101 Å². The van der Waals surface area contributed by atoms with Gasteiger partial charge in [-0.2, -0.15) is 4.31 Å². The number of ether oxygens (including phenoxy) is 1. The molecule has 0 saturated carbocycles. The van der Waals surface area contributed by atoms with Crippen LogP contribution in [0.25, 0.3) is 10.6 Å². The first kappa shape index (κ1) is 40.8. The van der Waals surface area contributed by atoms with Crippen LogP contribution in [0.2, 0.25) is 0 Å². The fourth-order valence-electron chi connectivity index (χ4n) is 6.57. The molecule has 1 fully saturated rings. The van der Waals surface area contributed by atoms with Crippen LogP contribution < -0.4 is 10.1 Å². The highest BCUT2D eigenvalue weighted by molar-refractivity contribution is 7.89. The second kappa shape index (κ2) is 18.3. The number of nitrogens with one attached hydrogen (secondary N) is 1. The third kappa shape index (κ3) is 10.0. The number of thiazole rings is 1. The molecule has 0 radical (unpaired) electrons. The molecule has 5 rings (SSSR count). The first-order valence-electron chi connectivity index (χ1n) is 18.4. The number of carbonyl (C=O) groups excluding carboxylic acids is 2. The van der Waals surface area contributed by atoms with Crippen molar-refractivity contribution in [1.82, 2.24) is 29.4 Å². The Morgan fingerprint density at radius 2 is 1.76 bits per heavy atom. The third-order valence-corrected chi connectivity index (χ3v) is 12.5. The molecular formula is C40H52N6O6S2. The highest BCUT2D eigenvalue weighted by Crippen LogP contribution is 2.27. The summed E-state index contributed by atoms with van der Waals surface area (Å²) in [7, 11) is -2.50. The third-order valence-electron chi connectivity index (χ3n) is 9.72. The molecule has 3 heterocycles. The molecule has 1 aliphatic rings. The Hall–Kier alpha value is -4.37. The maximum atomic E-state index is 14.4. The van der Waals surface area contributed by atoms with Gasteiger partial charge in [-0.25, -0.2) is 18.2 Å². The van der Waals surface area contributed by atoms with Crippen molar-refractivity contribution in [3.8, 4) is 16.3 Å². The van der Waals surface area contributed by atoms with Gasteiger partial charge in [-0.05, 0) is 67.1 Å². The monoisotopic (exact) mass is 776 g/mol. The molecule has 0 bridgehead atoms. The largest absolute Gasteiger partial charge is 0.497 e. The van der Waals surface area contributed by atoms with Crippen LogP contribution in [0, 0.1) is 18.8 Å². The SMILES string of the molecule is CC[C@H](C)[C@@H](C(=O)N[C@@H](Cc1ccccc1)[C@H](O)CN(CC(C)C)S(=O)(=O)c1ccc(OC)cc1)N1CCN(Cc2csc(-c3ccc(C)nc3)n2)C1=O. The molecule has 2 aromatic heterocycles. The molecule has 2 aromatic carbocycles. The lowest BCUT2D eigenvalue weighted by molar-refractivity contribution is -0.128. The highest BCUT2D eigenvalue weighted by Gasteiger charge is 2.41. The number of urea groups is 1. The second-order valence-electron chi connectivity index (χ2n) is 14.3. The van der Waals surface area contributed by atoms with E-state index in [-0.39, 0.29) is 42.3 Å². The number of amides is 3. The van der Waals surface area contributed by atoms with Gasteiger partial charge in [0.05, 0.1) is 36.4 Å². The van der Waals surface area contributed by atoms with Crippen LogP contribution in [0.3, 0.4) is 0 Å². The van der Waals surface area contributed by atoms with Gasteiger partial charge in [0.25, 0.3) is 0 Å². The molecule has 54 heavy (non-hydrogen) atoms. The maximum absolute atomic E-state index is 14.4. The fourth-order valence-corrected chi connectivity index (χ4v) is 8.99. The molecule has 290 valence electrons. The number of hydrogen-bond donors (Lipinski definition) is 2. The Labute approximate surface area is 323 Å². The summed E-state index contributed by atoms with van der Waals surface area (Å²) in [6.07, 6.45) is 1.41. The topological polar surface area (TPSA) is 145 Å². The number of methoxy groups -OCH3 is 1. The summed E-state index contributed by atoms with van der Waals surface area (Å²) in [5, 5.41) is 17.7. The van der Waals surface area contributed by atoms with Crippen LogP contribution >= 0.6 is 11.3 Å². The summed E-state index contributed by atoms with van der Waals surface area (Å²) in [4.78, 5) is 40.8. The molecule has 0 spiro atoms. The molecule has 1 saturated heterocycles. The lowest BCUT2D eigenvalue weighted by atomic mass is 9.95. The van der Waals surface area contributed by atoms with Crippen LogP contribution in [0.4, 0.5) is 4.79 Å². The Balaban J connectivity index is 1.35. The second-order valence-corrected chi connectivity index (χ2v) is 17.1. The van der Waals surface area contributed by atoms with Crippen LogP contribution in [-0.2, 0) is 27.8 Å². The number of aryl methyl sites for hydroxylation is 1. The molecule has 2 N–H and O–H groups in total. The number of aliphatic hydroxyl groups excluding tert-OH is 1. The average Bonchev–Trinajstić information content (AvgIpc) is 3.77. The first-order chi connectivity index (χ1) is 25.8. The standard InChI is InChI=1S/C40H52N6O6S2/c1-7-28(4)37(46-20-19-44(40(46)49)24-32-26-53-39(42-32)31-14-13-29(5)41-22-31)38(48)43-35(21-30-11-9-8-10-12-30)36(47)25-45(23-27(2)3)54(50,51)34-17-15-33(52-6)16-18-34/h8-18,22,26-28,35-37,47H,7,19-21,23-25H2,1-6H3,(H,43,48)/t28-,35-,36+,37-/m0/s1. The fraction of sp³-hybridized carbons (Fsp3) is 0.450. The summed E-state index contributed by atoms with van der Waals surface area (Å²) < 4.78 is 34.4. The Bertz CT molecular complexity index is 1940. The molecule has 12 nitrogen and oxygen atoms in total. The van der Waals surface area contributed by atoms with E-state index in [9.17, 15) is 23.1 Å². The Morgan fingerprint density at radius 3 is 2.39 bits per heavy atom. The van der Waals surface area contributed by atoms with Crippen LogP contribution in [0.15, 0.2) is 83.2 Å². The molecule has 4 atom stereocenters. The lowest BCUT2D eigenvalue weighted by Crippen LogP contribution is -2.57. The minimum Gasteiger partial charge on any atom is -0.497 e. The van der Waals surface area contributed by atoms with E-state index in [2.05, 4.69) is 10.3 Å². The predicted octanol–water partition coefficient (Wildman–Crippen LogP) is 5.61. The number of sulfonamides is 1. The lowest BCUT2D eigenvalue weighted by Gasteiger charge is -2.35. The van der Waals surface area contributed by atoms with E-state index in [0.717, 1.165) is 27.5 Å². The van der Waals surface area contributed by atoms with E-state index in [1.807, 2.05) is 82.5 Å². The van der Waals surface area contributed by atoms with E-state index in [1.165, 1.54) is 34.9 Å². The highest BCUT2D eigenvalue weighted by atomic mass is 32.2. The van der Waals surface area contributed by atoms with Crippen molar-refractivity contribution in [2.24, 2.45) is 11.8 Å². The summed E-state index contributed by atoms with van der Waals surface area (Å²) in [6.45, 7) is 10.7. The maximum Gasteiger partial charge on any atom is 0.321 e. The van der Waals surface area contributed by atoms with Gasteiger partial charge in [0.1, 0.15) is 16.8 Å². The molecule has 14 heteroatoms. The molecule has 3 amide bonds. The van der Waals surface area contributed by atoms with Crippen molar-refractivity contribution in [3.05, 3.63) is 95.3 Å². The van der Waals surface area contributed by atoms with Crippen molar-refractivity contribution in [2.75, 3.05) is 33.3 Å². The molecule has 4 aromatic rings. The zero-order valence-corrected chi connectivity index (χ0v) is 33.5. The van der Waals surface area contributed by atoms with Gasteiger partial charge >= 0.3 is 6.03 Å². The molecule has 0 unspecified atom stereocenters. The van der Waals surface area contributed by atoms with Crippen LogP contribution in [0.1, 0.15) is 51.1 Å². The first-order valence-corrected chi connectivity index (χ1v) is 20.7. The number of nitrogens with zero attached hydrogens (tertiary/aromatic N) is 5. The van der Waals surface area contributed by atoms with Crippen molar-refractivity contribution in [1.29, 1.82) is 0 Å². The zero-order valence-electron chi connectivity index (χ0n) is 31.9. The van der Waals surface area contributed by atoms with Crippen LogP contribution in [0.5, 0.6) is 5.75 Å². The smallest absolute Gasteiger partial charge is 0.321 e. The minimum absolute atomic E-state index is 0.0400. The van der Waals surface area contributed by atoms with Gasteiger partial charge in [0.15, 0.2) is 0 Å². The van der Waals surface area contributed by atoms with Crippen molar-refractivity contribution < 1.29 is 27.9 Å². The van der Waals surface area contributed by atoms with E-state index in [1.54, 1.807) is 28.1 Å². The minimum atomic E-state index is -4.01. The molecule has 0 aliphatic carbocycles. The van der Waals surface area contributed by atoms with Gasteiger partial charge in [-0.15, -0.1) is 11.3 Å². The van der Waals surface area contributed by atoms with Gasteiger partial charge in [-0.3, -0.25) is 9.78 Å². The Morgan fingerprint density at radius 1 is 1.04 bits per heavy atom. The predicted molar refractivity (Wildman–Crippen MR) is 211 cm³/mol. The number of rotatable bonds is 18. The van der Waals surface area contributed by atoms with Gasteiger partial charge in [0, 0.05) is 49.0 Å². The number of aromatic nitrogens is 2. The summed E-state index contributed by atoms with van der Waals surface area (Å²) >= 11 is 1.50. The van der Waals surface area contributed by atoms with E-state index < -0.39 is 34.1 Å². The quantitative estimate of drug-likeness (QED) is 0.133. The van der Waals surface area contributed by atoms with Gasteiger partial charge < -0.3 is 25.0 Å². The molecular weight excluding hydrogens is 725 g/mol. The van der Waals surface area contributed by atoms with E-state index >= 15 is 0 Å². The van der Waals surface area contributed by atoms with Crippen molar-refractivity contribution >= 4 is 33.3 Å². The van der Waals surface area contributed by atoms with E-state index in [4.69, 9.17) is 9.72 Å². The summed E-state index contributed by atoms with van der Waals surface area (Å²) in [5.74, 6) is -0.104. The number of benzene rings is 2. The zero-order chi connectivity index (χ0) is 39.0. The summed E-state index contributed by atoms with van der Waals surface area (Å²) in [6, 6.07) is 17.6. The number of pyridine rings is 1.